The van der Waals surface area contributed by atoms with Crippen LogP contribution in [-0.4, -0.2) is 18.3 Å². The van der Waals surface area contributed by atoms with Crippen molar-refractivity contribution in [3.63, 3.8) is 0 Å². The molecule has 1 aromatic carbocycles. The van der Waals surface area contributed by atoms with E-state index in [9.17, 15) is 13.9 Å². The molecule has 0 aromatic heterocycles. The van der Waals surface area contributed by atoms with Crippen LogP contribution in [0.1, 0.15) is 18.4 Å². The second-order valence-electron chi connectivity index (χ2n) is 3.92. The van der Waals surface area contributed by atoms with E-state index in [1.54, 1.807) is 0 Å². The van der Waals surface area contributed by atoms with Crippen LogP contribution in [0.15, 0.2) is 18.2 Å². The second kappa shape index (κ2) is 3.54. The van der Waals surface area contributed by atoms with Crippen LogP contribution in [0.4, 0.5) is 8.78 Å². The Balaban J connectivity index is 2.27. The summed E-state index contributed by atoms with van der Waals surface area (Å²) >= 11 is 0. The van der Waals surface area contributed by atoms with E-state index in [0.29, 0.717) is 12.8 Å². The molecule has 0 heterocycles. The van der Waals surface area contributed by atoms with Gasteiger partial charge in [-0.15, -0.1) is 0 Å². The molecule has 0 atom stereocenters. The molecule has 0 aliphatic heterocycles. The molecule has 2 nitrogen and oxygen atoms in total. The predicted octanol–water partition coefficient (Wildman–Crippen LogP) is 1.96. The van der Waals surface area contributed by atoms with Crippen LogP contribution in [-0.2, 0) is 10.3 Å². The number of hydrogen-bond acceptors (Lipinski definition) is 2. The van der Waals surface area contributed by atoms with Crippen LogP contribution < -0.4 is 0 Å². The number of methoxy groups -OCH3 is 1. The monoisotopic (exact) mass is 214 g/mol. The average Bonchev–Trinajstić information content (AvgIpc) is 2.17. The molecule has 1 aromatic rings. The van der Waals surface area contributed by atoms with Gasteiger partial charge in [0.25, 0.3) is 0 Å². The first kappa shape index (κ1) is 10.5. The highest BCUT2D eigenvalue weighted by atomic mass is 19.1. The van der Waals surface area contributed by atoms with Gasteiger partial charge in [-0.1, -0.05) is 0 Å². The highest BCUT2D eigenvalue weighted by Gasteiger charge is 2.45. The smallest absolute Gasteiger partial charge is 0.129 e. The van der Waals surface area contributed by atoms with Crippen LogP contribution in [0, 0.1) is 11.6 Å². The van der Waals surface area contributed by atoms with Gasteiger partial charge in [-0.2, -0.15) is 0 Å². The topological polar surface area (TPSA) is 29.5 Å². The Morgan fingerprint density at radius 2 is 2.07 bits per heavy atom. The van der Waals surface area contributed by atoms with Gasteiger partial charge in [-0.3, -0.25) is 0 Å². The molecule has 0 spiro atoms. The van der Waals surface area contributed by atoms with Crippen molar-refractivity contribution in [1.82, 2.24) is 0 Å². The fraction of sp³-hybridized carbons (Fsp3) is 0.455. The van der Waals surface area contributed by atoms with Crippen molar-refractivity contribution in [2.45, 2.75) is 24.5 Å². The molecule has 0 bridgehead atoms. The van der Waals surface area contributed by atoms with E-state index in [4.69, 9.17) is 4.74 Å². The Kier molecular flexibility index (Phi) is 2.48. The number of hydrogen-bond donors (Lipinski definition) is 1. The van der Waals surface area contributed by atoms with Crippen LogP contribution in [0.2, 0.25) is 0 Å². The fourth-order valence-corrected chi connectivity index (χ4v) is 1.93. The third kappa shape index (κ3) is 1.75. The lowest BCUT2D eigenvalue weighted by Gasteiger charge is -2.43. The van der Waals surface area contributed by atoms with Gasteiger partial charge in [0.2, 0.25) is 0 Å². The summed E-state index contributed by atoms with van der Waals surface area (Å²) in [6.45, 7) is 0. The molecule has 0 amide bonds. The minimum absolute atomic E-state index is 0.0239. The van der Waals surface area contributed by atoms with E-state index < -0.39 is 17.2 Å². The molecule has 1 aliphatic carbocycles. The molecule has 2 rings (SSSR count). The Morgan fingerprint density at radius 3 is 2.67 bits per heavy atom. The fourth-order valence-electron chi connectivity index (χ4n) is 1.93. The first-order valence-electron chi connectivity index (χ1n) is 4.76. The SMILES string of the molecule is COC1CC(O)(c2cc(F)ccc2F)C1. The van der Waals surface area contributed by atoms with E-state index in [0.717, 1.165) is 18.2 Å². The van der Waals surface area contributed by atoms with Crippen molar-refractivity contribution in [1.29, 1.82) is 0 Å². The van der Waals surface area contributed by atoms with Crippen molar-refractivity contribution in [3.05, 3.63) is 35.4 Å². The standard InChI is InChI=1S/C11H12F2O2/c1-15-8-5-11(14,6-8)9-4-7(12)2-3-10(9)13/h2-4,8,14H,5-6H2,1H3. The van der Waals surface area contributed by atoms with Gasteiger partial charge in [-0.05, 0) is 18.2 Å². The maximum Gasteiger partial charge on any atom is 0.129 e. The molecule has 82 valence electrons. The molecule has 15 heavy (non-hydrogen) atoms. The molecule has 1 aliphatic rings. The number of ether oxygens (including phenoxy) is 1. The molecule has 0 unspecified atom stereocenters. The lowest BCUT2D eigenvalue weighted by Crippen LogP contribution is -2.46. The van der Waals surface area contributed by atoms with Gasteiger partial charge in [0.05, 0.1) is 11.7 Å². The molecular formula is C11H12F2O2. The summed E-state index contributed by atoms with van der Waals surface area (Å²) in [5.41, 5.74) is -1.25. The quantitative estimate of drug-likeness (QED) is 0.815. The third-order valence-corrected chi connectivity index (χ3v) is 2.89. The van der Waals surface area contributed by atoms with Crippen molar-refractivity contribution < 1.29 is 18.6 Å². The van der Waals surface area contributed by atoms with Gasteiger partial charge in [-0.25, -0.2) is 8.78 Å². The minimum Gasteiger partial charge on any atom is -0.385 e. The van der Waals surface area contributed by atoms with E-state index >= 15 is 0 Å². The zero-order valence-electron chi connectivity index (χ0n) is 8.34. The summed E-state index contributed by atoms with van der Waals surface area (Å²) in [6, 6.07) is 3.11. The molecular weight excluding hydrogens is 202 g/mol. The minimum atomic E-state index is -1.27. The molecule has 4 heteroatoms. The summed E-state index contributed by atoms with van der Waals surface area (Å²) in [5.74, 6) is -1.12. The lowest BCUT2D eigenvalue weighted by atomic mass is 9.72. The van der Waals surface area contributed by atoms with Crippen molar-refractivity contribution in [2.24, 2.45) is 0 Å². The normalized spacial score (nSPS) is 30.0. The van der Waals surface area contributed by atoms with Gasteiger partial charge < -0.3 is 9.84 Å². The Bertz CT molecular complexity index is 373. The van der Waals surface area contributed by atoms with Crippen LogP contribution in [0.3, 0.4) is 0 Å². The van der Waals surface area contributed by atoms with Crippen LogP contribution in [0.5, 0.6) is 0 Å². The number of aliphatic hydroxyl groups is 1. The van der Waals surface area contributed by atoms with Gasteiger partial charge in [0.15, 0.2) is 0 Å². The maximum absolute atomic E-state index is 13.3. The molecule has 0 radical (unpaired) electrons. The third-order valence-electron chi connectivity index (χ3n) is 2.89. The Morgan fingerprint density at radius 1 is 1.40 bits per heavy atom. The molecule has 1 saturated carbocycles. The van der Waals surface area contributed by atoms with Gasteiger partial charge in [0.1, 0.15) is 11.6 Å². The average molecular weight is 214 g/mol. The van der Waals surface area contributed by atoms with E-state index in [-0.39, 0.29) is 11.7 Å². The maximum atomic E-state index is 13.3. The van der Waals surface area contributed by atoms with Crippen molar-refractivity contribution in [3.8, 4) is 0 Å². The summed E-state index contributed by atoms with van der Waals surface area (Å²) in [5, 5.41) is 10.0. The largest absolute Gasteiger partial charge is 0.385 e. The first-order valence-corrected chi connectivity index (χ1v) is 4.76. The zero-order valence-corrected chi connectivity index (χ0v) is 8.34. The number of rotatable bonds is 2. The highest BCUT2D eigenvalue weighted by Crippen LogP contribution is 2.43. The highest BCUT2D eigenvalue weighted by molar-refractivity contribution is 5.28. The summed E-state index contributed by atoms with van der Waals surface area (Å²) in [7, 11) is 1.53. The van der Waals surface area contributed by atoms with Crippen molar-refractivity contribution >= 4 is 0 Å². The van der Waals surface area contributed by atoms with E-state index in [2.05, 4.69) is 0 Å². The summed E-state index contributed by atoms with van der Waals surface area (Å²) < 4.78 is 31.3. The lowest BCUT2D eigenvalue weighted by molar-refractivity contribution is -0.134. The second-order valence-corrected chi connectivity index (χ2v) is 3.92. The predicted molar refractivity (Wildman–Crippen MR) is 50.3 cm³/mol. The molecule has 1 fully saturated rings. The number of benzene rings is 1. The Hall–Kier alpha value is -1.00. The zero-order chi connectivity index (χ0) is 11.1. The molecule has 1 N–H and O–H groups in total. The van der Waals surface area contributed by atoms with Crippen molar-refractivity contribution in [2.75, 3.05) is 7.11 Å². The number of halogens is 2. The van der Waals surface area contributed by atoms with Crippen LogP contribution >= 0.6 is 0 Å². The molecule has 0 saturated heterocycles. The summed E-state index contributed by atoms with van der Waals surface area (Å²) in [6.07, 6.45) is 0.547. The van der Waals surface area contributed by atoms with Gasteiger partial charge in [0, 0.05) is 25.5 Å². The van der Waals surface area contributed by atoms with Crippen LogP contribution in [0.25, 0.3) is 0 Å². The van der Waals surface area contributed by atoms with E-state index in [1.165, 1.54) is 7.11 Å². The first-order chi connectivity index (χ1) is 7.05. The Labute approximate surface area is 86.5 Å². The summed E-state index contributed by atoms with van der Waals surface area (Å²) in [4.78, 5) is 0. The van der Waals surface area contributed by atoms with Gasteiger partial charge >= 0.3 is 0 Å². The van der Waals surface area contributed by atoms with E-state index in [1.807, 2.05) is 0 Å².